The smallest absolute Gasteiger partial charge is 0.414 e. The van der Waals surface area contributed by atoms with Crippen LogP contribution in [0.2, 0.25) is 0 Å². The van der Waals surface area contributed by atoms with Crippen molar-refractivity contribution in [3.05, 3.63) is 12.3 Å². The van der Waals surface area contributed by atoms with Gasteiger partial charge in [-0.15, -0.1) is 0 Å². The second-order valence-electron chi connectivity index (χ2n) is 5.16. The number of carboxylic acids is 1. The summed E-state index contributed by atoms with van der Waals surface area (Å²) in [4.78, 5) is 23.9. The number of hydrogen-bond donors (Lipinski definition) is 1. The van der Waals surface area contributed by atoms with E-state index in [-0.39, 0.29) is 12.0 Å². The fourth-order valence-electron chi connectivity index (χ4n) is 2.01. The Hall–Kier alpha value is -1.52. The third kappa shape index (κ3) is 1.77. The van der Waals surface area contributed by atoms with Crippen LogP contribution in [0.1, 0.15) is 20.8 Å². The van der Waals surface area contributed by atoms with Crippen molar-refractivity contribution in [1.29, 1.82) is 0 Å². The van der Waals surface area contributed by atoms with Crippen molar-refractivity contribution in [2.75, 3.05) is 0 Å². The molecule has 0 bridgehead atoms. The summed E-state index contributed by atoms with van der Waals surface area (Å²) in [5, 5.41) is 8.88. The summed E-state index contributed by atoms with van der Waals surface area (Å²) >= 11 is 0. The molecule has 88 valence electrons. The predicted molar refractivity (Wildman–Crippen MR) is 55.6 cm³/mol. The average Bonchev–Trinajstić information content (AvgIpc) is 2.64. The van der Waals surface area contributed by atoms with Gasteiger partial charge in [-0.25, -0.2) is 4.79 Å². The van der Waals surface area contributed by atoms with Gasteiger partial charge in [0.25, 0.3) is 0 Å². The van der Waals surface area contributed by atoms with Gasteiger partial charge < -0.3 is 9.84 Å². The van der Waals surface area contributed by atoms with Crippen LogP contribution < -0.4 is 0 Å². The van der Waals surface area contributed by atoms with Gasteiger partial charge in [0.15, 0.2) is 0 Å². The number of hydrogen-bond acceptors (Lipinski definition) is 3. The number of carbonyl (C=O) groups is 2. The lowest BCUT2D eigenvalue weighted by Crippen LogP contribution is -2.35. The minimum absolute atomic E-state index is 0.0370. The van der Waals surface area contributed by atoms with E-state index in [0.717, 1.165) is 0 Å². The summed E-state index contributed by atoms with van der Waals surface area (Å²) in [5.41, 5.74) is -0.559. The molecule has 0 aromatic carbocycles. The SMILES string of the molecule is CC(C)(C)OC(=O)N1C=C[C@@H]2[C@@H](C(=O)O)[C@@H]21. The summed E-state index contributed by atoms with van der Waals surface area (Å²) in [7, 11) is 0. The number of ether oxygens (including phenoxy) is 1. The Kier molecular flexibility index (Phi) is 2.22. The maximum absolute atomic E-state index is 11.7. The van der Waals surface area contributed by atoms with Crippen LogP contribution in [0.5, 0.6) is 0 Å². The van der Waals surface area contributed by atoms with Crippen LogP contribution >= 0.6 is 0 Å². The summed E-state index contributed by atoms with van der Waals surface area (Å²) in [6.45, 7) is 5.34. The lowest BCUT2D eigenvalue weighted by Gasteiger charge is -2.24. The Morgan fingerprint density at radius 2 is 2.00 bits per heavy atom. The molecule has 0 spiro atoms. The molecule has 0 aromatic rings. The first-order valence-electron chi connectivity index (χ1n) is 5.24. The van der Waals surface area contributed by atoms with E-state index < -0.39 is 23.6 Å². The molecule has 1 aliphatic heterocycles. The molecule has 16 heavy (non-hydrogen) atoms. The van der Waals surface area contributed by atoms with Crippen LogP contribution in [-0.4, -0.2) is 33.7 Å². The highest BCUT2D eigenvalue weighted by molar-refractivity contribution is 5.80. The normalized spacial score (nSPS) is 31.2. The predicted octanol–water partition coefficient (Wildman–Crippen LogP) is 1.45. The zero-order chi connectivity index (χ0) is 12.1. The van der Waals surface area contributed by atoms with E-state index >= 15 is 0 Å². The number of aliphatic carboxylic acids is 1. The van der Waals surface area contributed by atoms with E-state index in [1.54, 1.807) is 33.0 Å². The van der Waals surface area contributed by atoms with Crippen molar-refractivity contribution in [3.63, 3.8) is 0 Å². The highest BCUT2D eigenvalue weighted by Crippen LogP contribution is 2.49. The van der Waals surface area contributed by atoms with Gasteiger partial charge in [-0.2, -0.15) is 0 Å². The average molecular weight is 225 g/mol. The molecule has 1 aliphatic carbocycles. The minimum Gasteiger partial charge on any atom is -0.481 e. The lowest BCUT2D eigenvalue weighted by atomic mass is 10.2. The van der Waals surface area contributed by atoms with E-state index in [2.05, 4.69) is 0 Å². The zero-order valence-electron chi connectivity index (χ0n) is 9.51. The van der Waals surface area contributed by atoms with Gasteiger partial charge in [0.1, 0.15) is 5.60 Å². The summed E-state index contributed by atoms with van der Waals surface area (Å²) in [6, 6.07) is -0.243. The van der Waals surface area contributed by atoms with Crippen LogP contribution in [0.4, 0.5) is 4.79 Å². The Morgan fingerprint density at radius 1 is 1.38 bits per heavy atom. The maximum Gasteiger partial charge on any atom is 0.414 e. The summed E-state index contributed by atoms with van der Waals surface area (Å²) in [6.07, 6.45) is 2.90. The van der Waals surface area contributed by atoms with Crippen LogP contribution in [0.3, 0.4) is 0 Å². The zero-order valence-corrected chi connectivity index (χ0v) is 9.51. The van der Waals surface area contributed by atoms with Crippen molar-refractivity contribution in [1.82, 2.24) is 4.90 Å². The third-order valence-corrected chi connectivity index (χ3v) is 2.72. The molecule has 1 heterocycles. The van der Waals surface area contributed by atoms with Crippen LogP contribution in [0, 0.1) is 11.8 Å². The number of fused-ring (bicyclic) bond motifs is 1. The van der Waals surface area contributed by atoms with Crippen molar-refractivity contribution in [3.8, 4) is 0 Å². The standard InChI is InChI=1S/C11H15NO4/c1-11(2,3)16-10(15)12-5-4-6-7(8(6)12)9(13)14/h4-8H,1-3H3,(H,13,14)/t6-,7-,8-/m1/s1. The van der Waals surface area contributed by atoms with Gasteiger partial charge in [0.2, 0.25) is 0 Å². The first kappa shape index (κ1) is 11.0. The largest absolute Gasteiger partial charge is 0.481 e. The molecule has 5 nitrogen and oxygen atoms in total. The van der Waals surface area contributed by atoms with Gasteiger partial charge in [0.05, 0.1) is 12.0 Å². The van der Waals surface area contributed by atoms with Gasteiger partial charge >= 0.3 is 12.1 Å². The highest BCUT2D eigenvalue weighted by Gasteiger charge is 2.61. The lowest BCUT2D eigenvalue weighted by molar-refractivity contribution is -0.139. The molecule has 2 aliphatic rings. The number of amides is 1. The Labute approximate surface area is 93.7 Å². The van der Waals surface area contributed by atoms with Crippen molar-refractivity contribution in [2.24, 2.45) is 11.8 Å². The molecule has 1 fully saturated rings. The molecule has 0 aromatic heterocycles. The van der Waals surface area contributed by atoms with E-state index in [1.807, 2.05) is 0 Å². The van der Waals surface area contributed by atoms with Gasteiger partial charge in [-0.3, -0.25) is 9.69 Å². The molecule has 5 heteroatoms. The molecule has 0 unspecified atom stereocenters. The number of carbonyl (C=O) groups excluding carboxylic acids is 1. The third-order valence-electron chi connectivity index (χ3n) is 2.72. The molecule has 1 N–H and O–H groups in total. The molecule has 3 atom stereocenters. The van der Waals surface area contributed by atoms with E-state index in [1.165, 1.54) is 4.90 Å². The van der Waals surface area contributed by atoms with Crippen molar-refractivity contribution in [2.45, 2.75) is 32.4 Å². The number of rotatable bonds is 1. The van der Waals surface area contributed by atoms with E-state index in [4.69, 9.17) is 9.84 Å². The second kappa shape index (κ2) is 3.23. The molecule has 1 amide bonds. The second-order valence-corrected chi connectivity index (χ2v) is 5.16. The Balaban J connectivity index is 2.01. The van der Waals surface area contributed by atoms with Crippen LogP contribution in [0.15, 0.2) is 12.3 Å². The maximum atomic E-state index is 11.7. The van der Waals surface area contributed by atoms with E-state index in [0.29, 0.717) is 0 Å². The first-order valence-corrected chi connectivity index (χ1v) is 5.24. The van der Waals surface area contributed by atoms with Crippen molar-refractivity contribution < 1.29 is 19.4 Å². The van der Waals surface area contributed by atoms with Crippen LogP contribution in [0.25, 0.3) is 0 Å². The monoisotopic (exact) mass is 225 g/mol. The molecule has 2 rings (SSSR count). The summed E-state index contributed by atoms with van der Waals surface area (Å²) in [5.74, 6) is -1.35. The number of carboxylic acid groups (broad SMARTS) is 1. The van der Waals surface area contributed by atoms with Crippen LogP contribution in [-0.2, 0) is 9.53 Å². The first-order chi connectivity index (χ1) is 7.31. The van der Waals surface area contributed by atoms with Gasteiger partial charge in [-0.05, 0) is 20.8 Å². The number of nitrogens with zero attached hydrogens (tertiary/aromatic N) is 1. The minimum atomic E-state index is -0.854. The molecule has 0 saturated heterocycles. The van der Waals surface area contributed by atoms with Gasteiger partial charge in [0, 0.05) is 12.1 Å². The molecule has 1 saturated carbocycles. The van der Waals surface area contributed by atoms with Crippen molar-refractivity contribution >= 4 is 12.1 Å². The summed E-state index contributed by atoms with van der Waals surface area (Å²) < 4.78 is 5.19. The van der Waals surface area contributed by atoms with Gasteiger partial charge in [-0.1, -0.05) is 6.08 Å². The molecular weight excluding hydrogens is 210 g/mol. The van der Waals surface area contributed by atoms with E-state index in [9.17, 15) is 9.59 Å². The quantitative estimate of drug-likeness (QED) is 0.733. The Bertz CT molecular complexity index is 369. The topological polar surface area (TPSA) is 66.8 Å². The highest BCUT2D eigenvalue weighted by atomic mass is 16.6. The Morgan fingerprint density at radius 3 is 2.44 bits per heavy atom. The fraction of sp³-hybridized carbons (Fsp3) is 0.636. The molecular formula is C11H15NO4. The molecule has 0 radical (unpaired) electrons. The fourth-order valence-corrected chi connectivity index (χ4v) is 2.01.